The Labute approximate surface area is 361 Å². The number of para-hydroxylation sites is 2. The van der Waals surface area contributed by atoms with Crippen LogP contribution in [0.2, 0.25) is 0 Å². The maximum Gasteiger partial charge on any atom is 0.164 e. The summed E-state index contributed by atoms with van der Waals surface area (Å²) in [6.45, 7) is 0. The van der Waals surface area contributed by atoms with Gasteiger partial charge in [-0.2, -0.15) is 0 Å². The van der Waals surface area contributed by atoms with Crippen molar-refractivity contribution in [3.8, 4) is 56.7 Å². The van der Waals surface area contributed by atoms with Crippen molar-refractivity contribution in [3.63, 3.8) is 0 Å². The van der Waals surface area contributed by atoms with Crippen LogP contribution >= 0.6 is 0 Å². The van der Waals surface area contributed by atoms with E-state index in [0.29, 0.717) is 17.5 Å². The molecule has 6 heteroatoms. The Kier molecular flexibility index (Phi) is 7.80. The molecule has 0 aliphatic carbocycles. The van der Waals surface area contributed by atoms with Gasteiger partial charge in [-0.05, 0) is 59.7 Å². The Morgan fingerprint density at radius 3 is 1.57 bits per heavy atom. The van der Waals surface area contributed by atoms with Crippen LogP contribution in [0, 0.1) is 0 Å². The third-order valence-electron chi connectivity index (χ3n) is 12.4. The lowest BCUT2D eigenvalue weighted by molar-refractivity contribution is 0.671. The highest BCUT2D eigenvalue weighted by Crippen LogP contribution is 2.42. The molecule has 0 bridgehead atoms. The molecule has 63 heavy (non-hydrogen) atoms. The van der Waals surface area contributed by atoms with Crippen molar-refractivity contribution in [3.05, 3.63) is 212 Å². The minimum atomic E-state index is 0.597. The number of fused-ring (bicyclic) bond motifs is 10. The number of benzene rings is 9. The Bertz CT molecular complexity index is 3850. The van der Waals surface area contributed by atoms with Gasteiger partial charge in [0.05, 0.1) is 22.1 Å². The van der Waals surface area contributed by atoms with Gasteiger partial charge in [0.15, 0.2) is 23.1 Å². The van der Waals surface area contributed by atoms with Crippen LogP contribution in [0.5, 0.6) is 0 Å². The number of furan rings is 1. The van der Waals surface area contributed by atoms with E-state index < -0.39 is 0 Å². The molecule has 6 nitrogen and oxygen atoms in total. The molecule has 13 rings (SSSR count). The average molecular weight is 806 g/mol. The summed E-state index contributed by atoms with van der Waals surface area (Å²) in [5, 5.41) is 6.83. The molecule has 0 radical (unpaired) electrons. The topological polar surface area (TPSA) is 61.7 Å². The Morgan fingerprint density at radius 2 is 0.825 bits per heavy atom. The average Bonchev–Trinajstić information content (AvgIpc) is 4.02. The van der Waals surface area contributed by atoms with Crippen LogP contribution in [0.15, 0.2) is 217 Å². The quantitative estimate of drug-likeness (QED) is 0.168. The van der Waals surface area contributed by atoms with Crippen molar-refractivity contribution in [2.45, 2.75) is 0 Å². The lowest BCUT2D eigenvalue weighted by Gasteiger charge is -2.13. The molecular weight excluding hydrogens is 771 g/mol. The minimum Gasteiger partial charge on any atom is -0.454 e. The first-order valence-corrected chi connectivity index (χ1v) is 21.2. The summed E-state index contributed by atoms with van der Waals surface area (Å²) < 4.78 is 11.6. The second kappa shape index (κ2) is 14.0. The molecule has 13 aromatic rings. The maximum atomic E-state index is 6.82. The Hall–Kier alpha value is -8.61. The summed E-state index contributed by atoms with van der Waals surface area (Å²) in [6, 6.07) is 74.5. The maximum absolute atomic E-state index is 6.82. The summed E-state index contributed by atoms with van der Waals surface area (Å²) >= 11 is 0. The van der Waals surface area contributed by atoms with Gasteiger partial charge in [-0.15, -0.1) is 0 Å². The van der Waals surface area contributed by atoms with Gasteiger partial charge in [-0.3, -0.25) is 0 Å². The fourth-order valence-corrected chi connectivity index (χ4v) is 9.46. The number of rotatable bonds is 6. The predicted octanol–water partition coefficient (Wildman–Crippen LogP) is 14.6. The first-order chi connectivity index (χ1) is 31.2. The van der Waals surface area contributed by atoms with Crippen molar-refractivity contribution < 1.29 is 4.42 Å². The molecule has 0 saturated heterocycles. The third-order valence-corrected chi connectivity index (χ3v) is 12.4. The second-order valence-electron chi connectivity index (χ2n) is 16.0. The Morgan fingerprint density at radius 1 is 0.302 bits per heavy atom. The Balaban J connectivity index is 1.08. The molecule has 0 atom stereocenters. The summed E-state index contributed by atoms with van der Waals surface area (Å²) in [5.74, 6) is 1.84. The summed E-state index contributed by atoms with van der Waals surface area (Å²) in [4.78, 5) is 15.2. The fourth-order valence-electron chi connectivity index (χ4n) is 9.46. The highest BCUT2D eigenvalue weighted by Gasteiger charge is 2.22. The molecule has 0 unspecified atom stereocenters. The van der Waals surface area contributed by atoms with Crippen LogP contribution in [0.3, 0.4) is 0 Å². The van der Waals surface area contributed by atoms with Crippen molar-refractivity contribution in [2.75, 3.05) is 0 Å². The van der Waals surface area contributed by atoms with E-state index >= 15 is 0 Å². The van der Waals surface area contributed by atoms with Crippen molar-refractivity contribution in [1.82, 2.24) is 24.1 Å². The van der Waals surface area contributed by atoms with Crippen LogP contribution in [0.25, 0.3) is 122 Å². The smallest absolute Gasteiger partial charge is 0.164 e. The first kappa shape index (κ1) is 35.2. The lowest BCUT2D eigenvalue weighted by atomic mass is 10.0. The number of nitrogens with zero attached hydrogens (tertiary/aromatic N) is 5. The third kappa shape index (κ3) is 5.62. The van der Waals surface area contributed by atoms with E-state index in [0.717, 1.165) is 82.8 Å². The van der Waals surface area contributed by atoms with Crippen molar-refractivity contribution >= 4 is 65.6 Å². The van der Waals surface area contributed by atoms with E-state index in [1.54, 1.807) is 0 Å². The van der Waals surface area contributed by atoms with Gasteiger partial charge in [-0.1, -0.05) is 164 Å². The lowest BCUT2D eigenvalue weighted by Crippen LogP contribution is -2.01. The zero-order valence-corrected chi connectivity index (χ0v) is 33.9. The molecule has 0 saturated carbocycles. The highest BCUT2D eigenvalue weighted by molar-refractivity contribution is 6.22. The van der Waals surface area contributed by atoms with Gasteiger partial charge >= 0.3 is 0 Å². The molecule has 0 fully saturated rings. The van der Waals surface area contributed by atoms with Crippen LogP contribution in [0.1, 0.15) is 0 Å². The van der Waals surface area contributed by atoms with E-state index in [1.807, 2.05) is 72.8 Å². The van der Waals surface area contributed by atoms with E-state index in [-0.39, 0.29) is 0 Å². The van der Waals surface area contributed by atoms with Gasteiger partial charge < -0.3 is 13.6 Å². The van der Waals surface area contributed by atoms with Crippen LogP contribution in [-0.4, -0.2) is 24.1 Å². The molecule has 0 aliphatic heterocycles. The predicted molar refractivity (Wildman–Crippen MR) is 258 cm³/mol. The molecule has 0 N–H and O–H groups in total. The highest BCUT2D eigenvalue weighted by atomic mass is 16.3. The zero-order chi connectivity index (χ0) is 41.4. The largest absolute Gasteiger partial charge is 0.454 e. The van der Waals surface area contributed by atoms with Crippen molar-refractivity contribution in [2.24, 2.45) is 0 Å². The van der Waals surface area contributed by atoms with Gasteiger partial charge in [0, 0.05) is 60.4 Å². The number of aromatic nitrogens is 5. The molecule has 4 aromatic heterocycles. The standard InChI is InChI=1S/C57H35N5O/c1-4-15-36(16-5-1)39-27-29-44-43-23-10-12-25-49(43)61(50(44)34-39)42-28-30-45-47-31-32-48-46-24-11-13-26-52(46)63-54(48)53(47)62(51(45)35-42)41-22-14-21-40(33-41)57-59-55(37-17-6-2-7-18-37)58-56(60-57)38-19-8-3-9-20-38/h1-35H. The SMILES string of the molecule is c1ccc(-c2ccc3c4ccccc4n(-c4ccc5c6ccc7c8ccccc8oc7c6n(-c6cccc(-c7nc(-c8ccccc8)nc(-c8ccccc8)n7)c6)c5c4)c3c2)cc1. The number of hydrogen-bond acceptors (Lipinski definition) is 4. The second-order valence-corrected chi connectivity index (χ2v) is 16.0. The van der Waals surface area contributed by atoms with E-state index in [1.165, 1.54) is 21.9 Å². The first-order valence-electron chi connectivity index (χ1n) is 21.2. The summed E-state index contributed by atoms with van der Waals surface area (Å²) in [7, 11) is 0. The van der Waals surface area contributed by atoms with Gasteiger partial charge in [0.1, 0.15) is 5.58 Å². The van der Waals surface area contributed by atoms with Gasteiger partial charge in [0.25, 0.3) is 0 Å². The van der Waals surface area contributed by atoms with Gasteiger partial charge in [0.2, 0.25) is 0 Å². The molecule has 9 aromatic carbocycles. The van der Waals surface area contributed by atoms with E-state index in [9.17, 15) is 0 Å². The van der Waals surface area contributed by atoms with E-state index in [2.05, 4.69) is 149 Å². The van der Waals surface area contributed by atoms with Crippen molar-refractivity contribution in [1.29, 1.82) is 0 Å². The molecule has 0 aliphatic rings. The summed E-state index contributed by atoms with van der Waals surface area (Å²) in [5.41, 5.74) is 13.2. The van der Waals surface area contributed by atoms with Crippen LogP contribution in [-0.2, 0) is 0 Å². The summed E-state index contributed by atoms with van der Waals surface area (Å²) in [6.07, 6.45) is 0. The molecule has 0 amide bonds. The number of hydrogen-bond donors (Lipinski definition) is 0. The molecule has 294 valence electrons. The van der Waals surface area contributed by atoms with E-state index in [4.69, 9.17) is 19.4 Å². The fraction of sp³-hybridized carbons (Fsp3) is 0. The molecule has 0 spiro atoms. The van der Waals surface area contributed by atoms with Crippen LogP contribution in [0.4, 0.5) is 0 Å². The van der Waals surface area contributed by atoms with Gasteiger partial charge in [-0.25, -0.2) is 15.0 Å². The monoisotopic (exact) mass is 805 g/mol. The molecule has 4 heterocycles. The minimum absolute atomic E-state index is 0.597. The van der Waals surface area contributed by atoms with Crippen LogP contribution < -0.4 is 0 Å². The molecular formula is C57H35N5O. The zero-order valence-electron chi connectivity index (χ0n) is 33.9. The normalized spacial score (nSPS) is 11.8.